The van der Waals surface area contributed by atoms with E-state index in [4.69, 9.17) is 24.0 Å². The molecule has 0 aromatic rings. The van der Waals surface area contributed by atoms with Crippen molar-refractivity contribution in [2.24, 2.45) is 0 Å². The number of nitrogens with one attached hydrogen (secondary N) is 1. The Morgan fingerprint density at radius 2 is 2.08 bits per heavy atom. The van der Waals surface area contributed by atoms with E-state index < -0.39 is 51.2 Å². The topological polar surface area (TPSA) is 147 Å². The van der Waals surface area contributed by atoms with Crippen LogP contribution in [0.15, 0.2) is 12.3 Å². The molecule has 2 aliphatic rings. The number of rotatable bonds is 7. The van der Waals surface area contributed by atoms with E-state index in [-0.39, 0.29) is 6.10 Å². The number of nitrogens with zero attached hydrogens (tertiary/aromatic N) is 1. The highest BCUT2D eigenvalue weighted by atomic mass is 31.2. The third-order valence-corrected chi connectivity index (χ3v) is 4.13. The molecule has 25 heavy (non-hydrogen) atoms. The molecular weight excluding hydrogens is 359 g/mol. The summed E-state index contributed by atoms with van der Waals surface area (Å²) in [6.45, 7) is 3.14. The summed E-state index contributed by atoms with van der Waals surface area (Å²) in [7, 11) is -3.27. The summed E-state index contributed by atoms with van der Waals surface area (Å²) >= 11 is 0. The highest BCUT2D eigenvalue weighted by molar-refractivity contribution is 7.46. The Morgan fingerprint density at radius 1 is 1.40 bits per heavy atom. The zero-order chi connectivity index (χ0) is 18.8. The fourth-order valence-electron chi connectivity index (χ4n) is 2.69. The maximum absolute atomic E-state index is 11.3. The van der Waals surface area contributed by atoms with Crippen LogP contribution in [0.2, 0.25) is 0 Å². The molecule has 1 amide bonds. The summed E-state index contributed by atoms with van der Waals surface area (Å²) in [5.41, 5.74) is 0. The molecule has 144 valence electrons. The van der Waals surface area contributed by atoms with Crippen molar-refractivity contribution in [3.05, 3.63) is 12.3 Å². The highest BCUT2D eigenvalue weighted by Crippen LogP contribution is 2.38. The summed E-state index contributed by atoms with van der Waals surface area (Å²) in [6, 6.07) is 0. The van der Waals surface area contributed by atoms with Crippen molar-refractivity contribution in [1.29, 1.82) is 0 Å². The van der Waals surface area contributed by atoms with Gasteiger partial charge in [0.25, 0.3) is 0 Å². The van der Waals surface area contributed by atoms with Crippen LogP contribution in [0.5, 0.6) is 0 Å². The highest BCUT2D eigenvalue weighted by Gasteiger charge is 2.50. The number of hydrogen-bond donors (Lipinski definition) is 4. The zero-order valence-corrected chi connectivity index (χ0v) is 14.9. The van der Waals surface area contributed by atoms with E-state index in [0.717, 1.165) is 0 Å². The molecule has 3 unspecified atom stereocenters. The van der Waals surface area contributed by atoms with Crippen LogP contribution in [0.4, 0.5) is 0 Å². The van der Waals surface area contributed by atoms with Crippen LogP contribution >= 0.6 is 7.82 Å². The summed E-state index contributed by atoms with van der Waals surface area (Å²) in [4.78, 5) is 30.4. The normalized spacial score (nSPS) is 33.2. The number of carbonyl (C=O) groups is 1. The molecular formula is C13H23N2O9P. The van der Waals surface area contributed by atoms with Gasteiger partial charge in [-0.05, 0) is 13.8 Å². The lowest BCUT2D eigenvalue weighted by molar-refractivity contribution is -0.156. The fraction of sp³-hybridized carbons (Fsp3) is 0.769. The zero-order valence-electron chi connectivity index (χ0n) is 14.0. The van der Waals surface area contributed by atoms with Gasteiger partial charge in [-0.25, -0.2) is 4.57 Å². The number of aliphatic hydroxyl groups is 1. The Hall–Kier alpha value is -1.04. The third kappa shape index (κ3) is 5.22. The molecule has 4 N–H and O–H groups in total. The first kappa shape index (κ1) is 20.3. The van der Waals surface area contributed by atoms with Crippen molar-refractivity contribution < 1.29 is 43.0 Å². The van der Waals surface area contributed by atoms with Gasteiger partial charge in [0, 0.05) is 19.4 Å². The monoisotopic (exact) mass is 382 g/mol. The van der Waals surface area contributed by atoms with E-state index in [1.54, 1.807) is 13.8 Å². The Balaban J connectivity index is 2.21. The average Bonchev–Trinajstić information content (AvgIpc) is 2.81. The van der Waals surface area contributed by atoms with Crippen LogP contribution in [0, 0.1) is 0 Å². The maximum atomic E-state index is 11.3. The number of carbonyl (C=O) groups excluding carboxylic acids is 1. The van der Waals surface area contributed by atoms with E-state index in [9.17, 15) is 14.5 Å². The summed E-state index contributed by atoms with van der Waals surface area (Å²) in [5.74, 6) is -0.466. The minimum absolute atomic E-state index is 0.218. The molecule has 0 aliphatic carbocycles. The quantitative estimate of drug-likeness (QED) is 0.398. The van der Waals surface area contributed by atoms with E-state index in [2.05, 4.69) is 9.84 Å². The fourth-order valence-corrected chi connectivity index (χ4v) is 3.03. The van der Waals surface area contributed by atoms with Gasteiger partial charge < -0.3 is 39.3 Å². The molecule has 0 aromatic heterocycles. The second-order valence-electron chi connectivity index (χ2n) is 5.85. The molecule has 11 nitrogen and oxygen atoms in total. The van der Waals surface area contributed by atoms with Crippen molar-refractivity contribution >= 4 is 13.7 Å². The van der Waals surface area contributed by atoms with E-state index >= 15 is 0 Å². The molecule has 2 rings (SSSR count). The van der Waals surface area contributed by atoms with Crippen LogP contribution in [0.25, 0.3) is 0 Å². The van der Waals surface area contributed by atoms with Gasteiger partial charge in [0.15, 0.2) is 6.23 Å². The number of amides is 1. The number of ether oxygens (including phenoxy) is 3. The van der Waals surface area contributed by atoms with Crippen LogP contribution in [-0.4, -0.2) is 76.4 Å². The first-order valence-corrected chi connectivity index (χ1v) is 9.13. The van der Waals surface area contributed by atoms with Crippen molar-refractivity contribution in [2.45, 2.75) is 50.8 Å². The lowest BCUT2D eigenvalue weighted by Gasteiger charge is -2.36. The minimum Gasteiger partial charge on any atom is -0.374 e. The maximum Gasteiger partial charge on any atom is 0.469 e. The summed E-state index contributed by atoms with van der Waals surface area (Å²) in [6.07, 6.45) is -2.15. The SMILES string of the molecule is COC1C(OC(C)C)[C@@H](COP(=O)(O)O)O[C@H]1N1C=CC(=O)NC1O. The van der Waals surface area contributed by atoms with Gasteiger partial charge in [-0.3, -0.25) is 9.32 Å². The van der Waals surface area contributed by atoms with Gasteiger partial charge in [-0.2, -0.15) is 0 Å². The predicted octanol–water partition coefficient (Wildman–Crippen LogP) is -1.15. The third-order valence-electron chi connectivity index (χ3n) is 3.64. The molecule has 0 saturated carbocycles. The number of methoxy groups -OCH3 is 1. The average molecular weight is 382 g/mol. The molecule has 1 fully saturated rings. The second kappa shape index (κ2) is 8.11. The van der Waals surface area contributed by atoms with E-state index in [0.29, 0.717) is 0 Å². The molecule has 0 aromatic carbocycles. The molecule has 2 heterocycles. The lowest BCUT2D eigenvalue weighted by Crippen LogP contribution is -2.56. The first-order valence-electron chi connectivity index (χ1n) is 7.60. The number of phosphoric ester groups is 1. The molecule has 0 bridgehead atoms. The number of aliphatic hydroxyl groups excluding tert-OH is 1. The largest absolute Gasteiger partial charge is 0.469 e. The number of phosphoric acid groups is 1. The van der Waals surface area contributed by atoms with Gasteiger partial charge in [0.05, 0.1) is 12.7 Å². The van der Waals surface area contributed by atoms with Gasteiger partial charge in [0.2, 0.25) is 12.3 Å². The Labute approximate surface area is 144 Å². The lowest BCUT2D eigenvalue weighted by atomic mass is 10.1. The van der Waals surface area contributed by atoms with Crippen molar-refractivity contribution in [3.63, 3.8) is 0 Å². The van der Waals surface area contributed by atoms with E-state index in [1.807, 2.05) is 0 Å². The Kier molecular flexibility index (Phi) is 6.57. The Bertz CT molecular complexity index is 552. The standard InChI is InChI=1S/C13H23N2O9P/c1-7(2)23-10-8(6-22-25(18,19)20)24-12(11(10)21-3)15-5-4-9(16)14-13(15)17/h4-5,7-8,10-13,17H,6H2,1-3H3,(H,14,16)(H2,18,19,20)/t8-,10?,11?,12-,13?/m1/s1. The van der Waals surface area contributed by atoms with Gasteiger partial charge in [-0.15, -0.1) is 0 Å². The predicted molar refractivity (Wildman–Crippen MR) is 82.6 cm³/mol. The van der Waals surface area contributed by atoms with Crippen molar-refractivity contribution in [2.75, 3.05) is 13.7 Å². The molecule has 0 radical (unpaired) electrons. The molecule has 12 heteroatoms. The minimum atomic E-state index is -4.69. The first-order chi connectivity index (χ1) is 11.6. The molecule has 5 atom stereocenters. The second-order valence-corrected chi connectivity index (χ2v) is 7.09. The Morgan fingerprint density at radius 3 is 2.60 bits per heavy atom. The molecule has 1 saturated heterocycles. The van der Waals surface area contributed by atoms with Crippen molar-refractivity contribution in [3.8, 4) is 0 Å². The van der Waals surface area contributed by atoms with E-state index in [1.165, 1.54) is 24.3 Å². The van der Waals surface area contributed by atoms with Crippen LogP contribution in [-0.2, 0) is 28.1 Å². The van der Waals surface area contributed by atoms with Crippen LogP contribution in [0.3, 0.4) is 0 Å². The molecule has 0 spiro atoms. The van der Waals surface area contributed by atoms with Crippen LogP contribution < -0.4 is 5.32 Å². The summed E-state index contributed by atoms with van der Waals surface area (Å²) in [5, 5.41) is 12.3. The van der Waals surface area contributed by atoms with Gasteiger partial charge in [-0.1, -0.05) is 0 Å². The molecule has 2 aliphatic heterocycles. The number of hydrogen-bond acceptors (Lipinski definition) is 8. The smallest absolute Gasteiger partial charge is 0.374 e. The van der Waals surface area contributed by atoms with Crippen LogP contribution in [0.1, 0.15) is 13.8 Å². The van der Waals surface area contributed by atoms with Crippen molar-refractivity contribution in [1.82, 2.24) is 10.2 Å². The van der Waals surface area contributed by atoms with Gasteiger partial charge in [0.1, 0.15) is 18.3 Å². The summed E-state index contributed by atoms with van der Waals surface area (Å²) < 4.78 is 32.5. The van der Waals surface area contributed by atoms with Gasteiger partial charge >= 0.3 is 7.82 Å².